The zero-order chi connectivity index (χ0) is 5.98. The molecule has 8 heavy (non-hydrogen) atoms. The first-order valence-corrected chi connectivity index (χ1v) is 2.13. The normalized spacial score (nSPS) is 17.5. The van der Waals surface area contributed by atoms with Gasteiger partial charge in [0.15, 0.2) is 12.1 Å². The van der Waals surface area contributed by atoms with E-state index in [4.69, 9.17) is 0 Å². The summed E-state index contributed by atoms with van der Waals surface area (Å²) in [4.78, 5) is 23.3. The van der Waals surface area contributed by atoms with Gasteiger partial charge in [0, 0.05) is 0 Å². The molecular formula is C4H4N2O2. The molecule has 1 amide bonds. The highest BCUT2D eigenvalue weighted by atomic mass is 16.2. The number of hydrogen-bond donors (Lipinski definition) is 1. The molecule has 0 aromatic rings. The van der Waals surface area contributed by atoms with Crippen LogP contribution in [0.25, 0.3) is 0 Å². The molecule has 1 rings (SSSR count). The van der Waals surface area contributed by atoms with Gasteiger partial charge in [0.2, 0.25) is 0 Å². The first-order chi connectivity index (χ1) is 3.83. The van der Waals surface area contributed by atoms with Gasteiger partial charge in [-0.2, -0.15) is 4.99 Å². The van der Waals surface area contributed by atoms with Gasteiger partial charge >= 0.3 is 0 Å². The van der Waals surface area contributed by atoms with Crippen molar-refractivity contribution in [2.45, 2.75) is 0 Å². The smallest absolute Gasteiger partial charge is 0.267 e. The van der Waals surface area contributed by atoms with Gasteiger partial charge < -0.3 is 5.32 Å². The average molecular weight is 112 g/mol. The Morgan fingerprint density at radius 2 is 2.50 bits per heavy atom. The standard InChI is InChI=1S/C4H4N2O2/c7-2-3-5-1-4(8)6-3/h2H,1H2,(H,5,6,8). The molecule has 1 N–H and O–H groups in total. The molecule has 42 valence electrons. The Morgan fingerprint density at radius 1 is 1.75 bits per heavy atom. The zero-order valence-corrected chi connectivity index (χ0v) is 4.05. The summed E-state index contributed by atoms with van der Waals surface area (Å²) in [6.07, 6.45) is 0.519. The summed E-state index contributed by atoms with van der Waals surface area (Å²) >= 11 is 0. The van der Waals surface area contributed by atoms with E-state index in [-0.39, 0.29) is 18.3 Å². The van der Waals surface area contributed by atoms with Crippen LogP contribution < -0.4 is 5.32 Å². The third-order valence-electron chi connectivity index (χ3n) is 0.778. The van der Waals surface area contributed by atoms with Gasteiger partial charge in [-0.05, 0) is 0 Å². The summed E-state index contributed by atoms with van der Waals surface area (Å²) in [5.74, 6) is -0.151. The van der Waals surface area contributed by atoms with Crippen LogP contribution in [0.5, 0.6) is 0 Å². The number of aldehydes is 1. The number of aliphatic imine (C=N–C) groups is 1. The van der Waals surface area contributed by atoms with E-state index in [2.05, 4.69) is 10.3 Å². The van der Waals surface area contributed by atoms with Gasteiger partial charge in [-0.3, -0.25) is 9.59 Å². The van der Waals surface area contributed by atoms with Crippen molar-refractivity contribution in [3.05, 3.63) is 0 Å². The Bertz CT molecular complexity index is 161. The van der Waals surface area contributed by atoms with Crippen LogP contribution in [-0.4, -0.2) is 24.6 Å². The molecule has 1 heterocycles. The Kier molecular flexibility index (Phi) is 1.07. The molecule has 0 aliphatic carbocycles. The molecule has 0 radical (unpaired) electrons. The Morgan fingerprint density at radius 3 is 2.75 bits per heavy atom. The molecule has 1 aliphatic rings. The number of hydrogen-bond acceptors (Lipinski definition) is 3. The number of carbonyl (C=O) groups excluding carboxylic acids is 2. The fraction of sp³-hybridized carbons (Fsp3) is 0.250. The second-order valence-electron chi connectivity index (χ2n) is 1.36. The molecule has 1 aliphatic heterocycles. The lowest BCUT2D eigenvalue weighted by atomic mass is 10.6. The number of amidine groups is 1. The monoisotopic (exact) mass is 112 g/mol. The highest BCUT2D eigenvalue weighted by Gasteiger charge is 2.09. The van der Waals surface area contributed by atoms with Gasteiger partial charge in [-0.25, -0.2) is 0 Å². The fourth-order valence-electron chi connectivity index (χ4n) is 0.448. The Hall–Kier alpha value is -1.19. The van der Waals surface area contributed by atoms with E-state index in [0.717, 1.165) is 0 Å². The molecule has 0 saturated heterocycles. The van der Waals surface area contributed by atoms with Crippen molar-refractivity contribution >= 4 is 18.0 Å². The first kappa shape index (κ1) is 4.96. The summed E-state index contributed by atoms with van der Waals surface area (Å²) in [5, 5.41) is 2.49. The minimum atomic E-state index is -0.285. The average Bonchev–Trinajstić information content (AvgIpc) is 2.14. The number of rotatable bonds is 1. The molecule has 0 fully saturated rings. The molecule has 0 aromatic heterocycles. The molecule has 0 bridgehead atoms. The lowest BCUT2D eigenvalue weighted by Gasteiger charge is -1.82. The predicted molar refractivity (Wildman–Crippen MR) is 26.5 cm³/mol. The van der Waals surface area contributed by atoms with E-state index in [1.54, 1.807) is 0 Å². The van der Waals surface area contributed by atoms with Gasteiger partial charge in [-0.15, -0.1) is 0 Å². The predicted octanol–water partition coefficient (Wildman–Crippen LogP) is -1.29. The molecule has 0 unspecified atom stereocenters. The van der Waals surface area contributed by atoms with Crippen LogP contribution in [-0.2, 0) is 9.59 Å². The number of nitrogens with zero attached hydrogens (tertiary/aromatic N) is 1. The lowest BCUT2D eigenvalue weighted by molar-refractivity contribution is -0.116. The minimum absolute atomic E-state index is 0.134. The molecule has 4 heteroatoms. The minimum Gasteiger partial charge on any atom is -0.358 e. The van der Waals surface area contributed by atoms with Crippen molar-refractivity contribution in [3.63, 3.8) is 0 Å². The second-order valence-corrected chi connectivity index (χ2v) is 1.36. The number of nitrogens with one attached hydrogen (secondary N) is 1. The maximum absolute atomic E-state index is 10.2. The molecular weight excluding hydrogens is 108 g/mol. The summed E-state index contributed by atoms with van der Waals surface area (Å²) in [6, 6.07) is 0. The van der Waals surface area contributed by atoms with Crippen molar-refractivity contribution in [1.82, 2.24) is 5.32 Å². The van der Waals surface area contributed by atoms with Crippen LogP contribution in [0.3, 0.4) is 0 Å². The van der Waals surface area contributed by atoms with E-state index < -0.39 is 0 Å². The second kappa shape index (κ2) is 1.73. The van der Waals surface area contributed by atoms with Crippen molar-refractivity contribution in [2.24, 2.45) is 4.99 Å². The van der Waals surface area contributed by atoms with Crippen LogP contribution in [0, 0.1) is 0 Å². The molecule has 0 aromatic carbocycles. The van der Waals surface area contributed by atoms with Crippen molar-refractivity contribution in [3.8, 4) is 0 Å². The Balaban J connectivity index is 2.70. The largest absolute Gasteiger partial charge is 0.358 e. The SMILES string of the molecule is O=CC1=NC(=O)CN1. The topological polar surface area (TPSA) is 58.5 Å². The zero-order valence-electron chi connectivity index (χ0n) is 4.05. The molecule has 0 saturated carbocycles. The maximum atomic E-state index is 10.2. The van der Waals surface area contributed by atoms with Crippen LogP contribution in [0.15, 0.2) is 4.99 Å². The third-order valence-corrected chi connectivity index (χ3v) is 0.778. The summed E-state index contributed by atoms with van der Waals surface area (Å²) in [5.41, 5.74) is 0. The van der Waals surface area contributed by atoms with E-state index in [0.29, 0.717) is 6.29 Å². The summed E-state index contributed by atoms with van der Waals surface area (Å²) < 4.78 is 0. The molecule has 0 atom stereocenters. The van der Waals surface area contributed by atoms with Gasteiger partial charge in [0.25, 0.3) is 5.91 Å². The summed E-state index contributed by atoms with van der Waals surface area (Å²) in [6.45, 7) is 0.161. The quantitative estimate of drug-likeness (QED) is 0.429. The highest BCUT2D eigenvalue weighted by molar-refractivity contribution is 6.31. The molecule has 0 spiro atoms. The lowest BCUT2D eigenvalue weighted by Crippen LogP contribution is -2.19. The van der Waals surface area contributed by atoms with E-state index >= 15 is 0 Å². The summed E-state index contributed by atoms with van der Waals surface area (Å²) in [7, 11) is 0. The van der Waals surface area contributed by atoms with E-state index in [1.165, 1.54) is 0 Å². The number of carbonyl (C=O) groups is 2. The van der Waals surface area contributed by atoms with Gasteiger partial charge in [0.05, 0.1) is 6.54 Å². The van der Waals surface area contributed by atoms with Crippen LogP contribution in [0.2, 0.25) is 0 Å². The van der Waals surface area contributed by atoms with Crippen molar-refractivity contribution in [1.29, 1.82) is 0 Å². The fourth-order valence-corrected chi connectivity index (χ4v) is 0.448. The third kappa shape index (κ3) is 0.726. The first-order valence-electron chi connectivity index (χ1n) is 2.13. The van der Waals surface area contributed by atoms with Crippen LogP contribution >= 0.6 is 0 Å². The number of amides is 1. The van der Waals surface area contributed by atoms with Crippen LogP contribution in [0.1, 0.15) is 0 Å². The molecule has 4 nitrogen and oxygen atoms in total. The van der Waals surface area contributed by atoms with E-state index in [9.17, 15) is 9.59 Å². The highest BCUT2D eigenvalue weighted by Crippen LogP contribution is 1.82. The van der Waals surface area contributed by atoms with E-state index in [1.807, 2.05) is 0 Å². The van der Waals surface area contributed by atoms with Crippen molar-refractivity contribution in [2.75, 3.05) is 6.54 Å². The van der Waals surface area contributed by atoms with Gasteiger partial charge in [0.1, 0.15) is 0 Å². The van der Waals surface area contributed by atoms with Crippen molar-refractivity contribution < 1.29 is 9.59 Å². The Labute approximate surface area is 45.6 Å². The maximum Gasteiger partial charge on any atom is 0.267 e. The van der Waals surface area contributed by atoms with Crippen LogP contribution in [0.4, 0.5) is 0 Å². The van der Waals surface area contributed by atoms with Gasteiger partial charge in [-0.1, -0.05) is 0 Å².